The monoisotopic (exact) mass is 265 g/mol. The topological polar surface area (TPSA) is 67.6 Å². The molecule has 1 fully saturated rings. The highest BCUT2D eigenvalue weighted by Gasteiger charge is 2.15. The highest BCUT2D eigenvalue weighted by Crippen LogP contribution is 2.13. The van der Waals surface area contributed by atoms with Crippen LogP contribution >= 0.6 is 0 Å². The molecule has 0 radical (unpaired) electrons. The molecule has 1 aliphatic heterocycles. The van der Waals surface area contributed by atoms with Crippen LogP contribution in [-0.4, -0.2) is 49.2 Å². The summed E-state index contributed by atoms with van der Waals surface area (Å²) in [6, 6.07) is 6.69. The molecule has 0 saturated carbocycles. The number of rotatable bonds is 5. The third-order valence-corrected chi connectivity index (χ3v) is 3.12. The summed E-state index contributed by atoms with van der Waals surface area (Å²) in [4.78, 5) is 12.4. The fourth-order valence-corrected chi connectivity index (χ4v) is 2.18. The molecule has 6 heteroatoms. The number of likely N-dealkylation sites (N-methyl/N-ethyl adjacent to an activating group) is 1. The minimum absolute atomic E-state index is 0.131. The van der Waals surface area contributed by atoms with Crippen LogP contribution < -0.4 is 5.32 Å². The predicted molar refractivity (Wildman–Crippen MR) is 72.0 cm³/mol. The van der Waals surface area contributed by atoms with E-state index in [1.54, 1.807) is 24.3 Å². The van der Waals surface area contributed by atoms with E-state index >= 15 is 0 Å². The standard InChI is InChI=1S/C13H19N3O3/c1-15(10-13-8-14-6-7-19-13)9-11-2-4-12(5-3-11)16(17)18/h2-5,13-14H,6-10H2,1H3. The van der Waals surface area contributed by atoms with E-state index in [-0.39, 0.29) is 16.7 Å². The van der Waals surface area contributed by atoms with Crippen molar-refractivity contribution < 1.29 is 9.66 Å². The molecule has 0 aromatic heterocycles. The van der Waals surface area contributed by atoms with Gasteiger partial charge < -0.3 is 10.1 Å². The fraction of sp³-hybridized carbons (Fsp3) is 0.538. The lowest BCUT2D eigenvalue weighted by atomic mass is 10.2. The fourth-order valence-electron chi connectivity index (χ4n) is 2.18. The lowest BCUT2D eigenvalue weighted by Gasteiger charge is -2.28. The molecular weight excluding hydrogens is 246 g/mol. The number of nitrogens with zero attached hydrogens (tertiary/aromatic N) is 2. The first kappa shape index (κ1) is 13.9. The normalized spacial score (nSPS) is 19.6. The van der Waals surface area contributed by atoms with Crippen LogP contribution in [0.1, 0.15) is 5.56 Å². The number of benzene rings is 1. The van der Waals surface area contributed by atoms with Crippen molar-refractivity contribution in [1.29, 1.82) is 0 Å². The van der Waals surface area contributed by atoms with Crippen molar-refractivity contribution in [3.05, 3.63) is 39.9 Å². The molecule has 1 saturated heterocycles. The largest absolute Gasteiger partial charge is 0.374 e. The summed E-state index contributed by atoms with van der Waals surface area (Å²) in [5, 5.41) is 13.9. The van der Waals surface area contributed by atoms with E-state index in [1.165, 1.54) is 0 Å². The lowest BCUT2D eigenvalue weighted by Crippen LogP contribution is -2.44. The number of ether oxygens (including phenoxy) is 1. The van der Waals surface area contributed by atoms with Crippen LogP contribution in [0.15, 0.2) is 24.3 Å². The quantitative estimate of drug-likeness (QED) is 0.636. The Labute approximate surface area is 112 Å². The molecule has 104 valence electrons. The average molecular weight is 265 g/mol. The van der Waals surface area contributed by atoms with E-state index in [2.05, 4.69) is 10.2 Å². The highest BCUT2D eigenvalue weighted by atomic mass is 16.6. The Bertz CT molecular complexity index is 416. The number of nitro groups is 1. The van der Waals surface area contributed by atoms with E-state index < -0.39 is 0 Å². The summed E-state index contributed by atoms with van der Waals surface area (Å²) in [5.41, 5.74) is 1.20. The zero-order valence-corrected chi connectivity index (χ0v) is 11.0. The van der Waals surface area contributed by atoms with Crippen LogP contribution in [0.25, 0.3) is 0 Å². The van der Waals surface area contributed by atoms with Gasteiger partial charge in [-0.1, -0.05) is 12.1 Å². The van der Waals surface area contributed by atoms with Crippen molar-refractivity contribution in [2.75, 3.05) is 33.3 Å². The first-order valence-corrected chi connectivity index (χ1v) is 6.39. The number of nitrogens with one attached hydrogen (secondary N) is 1. The van der Waals surface area contributed by atoms with Gasteiger partial charge in [-0.15, -0.1) is 0 Å². The highest BCUT2D eigenvalue weighted by molar-refractivity contribution is 5.32. The van der Waals surface area contributed by atoms with E-state index in [0.29, 0.717) is 0 Å². The number of hydrogen-bond donors (Lipinski definition) is 1. The van der Waals surface area contributed by atoms with Crippen LogP contribution in [-0.2, 0) is 11.3 Å². The van der Waals surface area contributed by atoms with Gasteiger partial charge in [0.1, 0.15) is 0 Å². The number of hydrogen-bond acceptors (Lipinski definition) is 5. The van der Waals surface area contributed by atoms with E-state index in [1.807, 2.05) is 7.05 Å². The third kappa shape index (κ3) is 4.27. The molecule has 1 unspecified atom stereocenters. The molecule has 2 rings (SSSR count). The van der Waals surface area contributed by atoms with Crippen molar-refractivity contribution in [2.24, 2.45) is 0 Å². The van der Waals surface area contributed by atoms with E-state index in [0.717, 1.165) is 38.3 Å². The summed E-state index contributed by atoms with van der Waals surface area (Å²) >= 11 is 0. The molecule has 0 spiro atoms. The summed E-state index contributed by atoms with van der Waals surface area (Å²) in [6.45, 7) is 4.17. The Hall–Kier alpha value is -1.50. The molecule has 0 amide bonds. The van der Waals surface area contributed by atoms with E-state index in [4.69, 9.17) is 4.74 Å². The molecule has 19 heavy (non-hydrogen) atoms. The molecule has 1 atom stereocenters. The second kappa shape index (κ2) is 6.60. The maximum absolute atomic E-state index is 10.6. The molecule has 1 N–H and O–H groups in total. The zero-order valence-electron chi connectivity index (χ0n) is 11.0. The lowest BCUT2D eigenvalue weighted by molar-refractivity contribution is -0.384. The Kier molecular flexibility index (Phi) is 4.84. The smallest absolute Gasteiger partial charge is 0.269 e. The van der Waals surface area contributed by atoms with Gasteiger partial charge in [0.15, 0.2) is 0 Å². The molecule has 6 nitrogen and oxygen atoms in total. The molecule has 1 aliphatic rings. The first-order chi connectivity index (χ1) is 9.15. The Morgan fingerprint density at radius 2 is 2.21 bits per heavy atom. The van der Waals surface area contributed by atoms with Gasteiger partial charge in [0, 0.05) is 38.3 Å². The van der Waals surface area contributed by atoms with Crippen molar-refractivity contribution >= 4 is 5.69 Å². The van der Waals surface area contributed by atoms with Crippen molar-refractivity contribution in [1.82, 2.24) is 10.2 Å². The third-order valence-electron chi connectivity index (χ3n) is 3.12. The van der Waals surface area contributed by atoms with Crippen LogP contribution in [0.3, 0.4) is 0 Å². The SMILES string of the molecule is CN(Cc1ccc([N+](=O)[O-])cc1)CC1CNCCO1. The first-order valence-electron chi connectivity index (χ1n) is 6.39. The minimum atomic E-state index is -0.380. The van der Waals surface area contributed by atoms with Crippen molar-refractivity contribution in [3.8, 4) is 0 Å². The van der Waals surface area contributed by atoms with Gasteiger partial charge in [-0.25, -0.2) is 0 Å². The van der Waals surface area contributed by atoms with Crippen LogP contribution in [0.2, 0.25) is 0 Å². The van der Waals surface area contributed by atoms with Gasteiger partial charge in [-0.3, -0.25) is 15.0 Å². The van der Waals surface area contributed by atoms with Gasteiger partial charge >= 0.3 is 0 Å². The molecule has 1 aromatic rings. The van der Waals surface area contributed by atoms with Crippen LogP contribution in [0.5, 0.6) is 0 Å². The second-order valence-corrected chi connectivity index (χ2v) is 4.82. The number of non-ortho nitro benzene ring substituents is 1. The zero-order chi connectivity index (χ0) is 13.7. The van der Waals surface area contributed by atoms with E-state index in [9.17, 15) is 10.1 Å². The Morgan fingerprint density at radius 1 is 1.47 bits per heavy atom. The maximum atomic E-state index is 10.6. The summed E-state index contributed by atoms with van der Waals surface area (Å²) in [7, 11) is 2.03. The average Bonchev–Trinajstić information content (AvgIpc) is 2.40. The van der Waals surface area contributed by atoms with Crippen LogP contribution in [0, 0.1) is 10.1 Å². The maximum Gasteiger partial charge on any atom is 0.269 e. The van der Waals surface area contributed by atoms with Crippen molar-refractivity contribution in [2.45, 2.75) is 12.6 Å². The van der Waals surface area contributed by atoms with Gasteiger partial charge in [-0.2, -0.15) is 0 Å². The van der Waals surface area contributed by atoms with Gasteiger partial charge in [-0.05, 0) is 12.6 Å². The predicted octanol–water partition coefficient (Wildman–Crippen LogP) is 1.01. The number of morpholine rings is 1. The summed E-state index contributed by atoms with van der Waals surface area (Å²) in [5.74, 6) is 0. The molecule has 1 heterocycles. The van der Waals surface area contributed by atoms with Crippen LogP contribution in [0.4, 0.5) is 5.69 Å². The summed E-state index contributed by atoms with van der Waals surface area (Å²) < 4.78 is 5.64. The molecule has 1 aromatic carbocycles. The van der Waals surface area contributed by atoms with Gasteiger partial charge in [0.25, 0.3) is 5.69 Å². The molecular formula is C13H19N3O3. The van der Waals surface area contributed by atoms with Gasteiger partial charge in [0.2, 0.25) is 0 Å². The summed E-state index contributed by atoms with van der Waals surface area (Å²) in [6.07, 6.45) is 0.219. The van der Waals surface area contributed by atoms with Crippen molar-refractivity contribution in [3.63, 3.8) is 0 Å². The molecule has 0 aliphatic carbocycles. The minimum Gasteiger partial charge on any atom is -0.374 e. The number of nitro benzene ring substituents is 1. The Morgan fingerprint density at radius 3 is 2.79 bits per heavy atom. The van der Waals surface area contributed by atoms with Gasteiger partial charge in [0.05, 0.1) is 17.6 Å². The molecule has 0 bridgehead atoms. The Balaban J connectivity index is 1.83. The second-order valence-electron chi connectivity index (χ2n) is 4.82.